The van der Waals surface area contributed by atoms with E-state index in [4.69, 9.17) is 9.47 Å². The summed E-state index contributed by atoms with van der Waals surface area (Å²) in [6.45, 7) is 1.63. The van der Waals surface area contributed by atoms with Crippen LogP contribution in [0.4, 0.5) is 0 Å². The molecule has 0 amide bonds. The van der Waals surface area contributed by atoms with Crippen LogP contribution in [0.2, 0.25) is 0 Å². The molecule has 2 aromatic rings. The first-order valence-corrected chi connectivity index (χ1v) is 11.8. The molecule has 0 unspecified atom stereocenters. The van der Waals surface area contributed by atoms with Crippen molar-refractivity contribution in [2.24, 2.45) is 17.3 Å². The van der Waals surface area contributed by atoms with Gasteiger partial charge in [0.25, 0.3) is 0 Å². The third-order valence-electron chi connectivity index (χ3n) is 7.12. The van der Waals surface area contributed by atoms with E-state index in [1.807, 2.05) is 14.2 Å². The second-order valence-electron chi connectivity index (χ2n) is 9.35. The number of hydrogen-bond donors (Lipinski definition) is 0. The highest BCUT2D eigenvalue weighted by molar-refractivity contribution is 5.18. The zero-order valence-electron chi connectivity index (χ0n) is 19.0. The SMILES string of the molecule is COCC(CCC(Cc1ccccc1)Cc1ccccc1)(COC)C1CCCCC1. The van der Waals surface area contributed by atoms with Crippen LogP contribution in [0.25, 0.3) is 0 Å². The highest BCUT2D eigenvalue weighted by Crippen LogP contribution is 2.43. The molecule has 2 heteroatoms. The standard InChI is InChI=1S/C28H40O2/c1-29-22-28(23-30-2,27-16-10-5-11-17-27)19-18-26(20-24-12-6-3-7-13-24)21-25-14-8-4-9-15-25/h3-4,6-9,12-15,26-27H,5,10-11,16-23H2,1-2H3. The fourth-order valence-corrected chi connectivity index (χ4v) is 5.58. The van der Waals surface area contributed by atoms with Gasteiger partial charge < -0.3 is 9.47 Å². The summed E-state index contributed by atoms with van der Waals surface area (Å²) in [6.07, 6.45) is 11.4. The Hall–Kier alpha value is -1.64. The van der Waals surface area contributed by atoms with Crippen LogP contribution >= 0.6 is 0 Å². The van der Waals surface area contributed by atoms with Gasteiger partial charge in [-0.05, 0) is 61.5 Å². The van der Waals surface area contributed by atoms with E-state index < -0.39 is 0 Å². The van der Waals surface area contributed by atoms with Gasteiger partial charge in [0, 0.05) is 19.6 Å². The van der Waals surface area contributed by atoms with E-state index in [0.717, 1.165) is 32.0 Å². The van der Waals surface area contributed by atoms with Crippen LogP contribution in [0.1, 0.15) is 56.1 Å². The van der Waals surface area contributed by atoms with Gasteiger partial charge in [-0.1, -0.05) is 79.9 Å². The maximum absolute atomic E-state index is 5.80. The van der Waals surface area contributed by atoms with Gasteiger partial charge >= 0.3 is 0 Å². The Balaban J connectivity index is 1.75. The molecular weight excluding hydrogens is 368 g/mol. The Morgan fingerprint density at radius 3 is 1.73 bits per heavy atom. The fourth-order valence-electron chi connectivity index (χ4n) is 5.58. The zero-order chi connectivity index (χ0) is 21.1. The van der Waals surface area contributed by atoms with Crippen molar-refractivity contribution in [3.8, 4) is 0 Å². The Morgan fingerprint density at radius 2 is 1.27 bits per heavy atom. The highest BCUT2D eigenvalue weighted by atomic mass is 16.5. The first-order valence-electron chi connectivity index (χ1n) is 11.8. The predicted molar refractivity (Wildman–Crippen MR) is 126 cm³/mol. The second-order valence-corrected chi connectivity index (χ2v) is 9.35. The van der Waals surface area contributed by atoms with Crippen LogP contribution in [0, 0.1) is 17.3 Å². The van der Waals surface area contributed by atoms with E-state index in [-0.39, 0.29) is 5.41 Å². The fraction of sp³-hybridized carbons (Fsp3) is 0.571. The summed E-state index contributed by atoms with van der Waals surface area (Å²) in [4.78, 5) is 0. The molecule has 0 aliphatic heterocycles. The predicted octanol–water partition coefficient (Wildman–Crippen LogP) is 6.73. The van der Waals surface area contributed by atoms with Gasteiger partial charge in [-0.2, -0.15) is 0 Å². The van der Waals surface area contributed by atoms with Crippen molar-refractivity contribution in [2.45, 2.75) is 57.8 Å². The molecule has 2 nitrogen and oxygen atoms in total. The minimum absolute atomic E-state index is 0.148. The van der Waals surface area contributed by atoms with Crippen molar-refractivity contribution in [1.29, 1.82) is 0 Å². The number of ether oxygens (including phenoxy) is 2. The highest BCUT2D eigenvalue weighted by Gasteiger charge is 2.39. The largest absolute Gasteiger partial charge is 0.384 e. The summed E-state index contributed by atoms with van der Waals surface area (Å²) in [6, 6.07) is 22.0. The van der Waals surface area contributed by atoms with Gasteiger partial charge in [0.05, 0.1) is 13.2 Å². The van der Waals surface area contributed by atoms with Crippen molar-refractivity contribution >= 4 is 0 Å². The van der Waals surface area contributed by atoms with Crippen molar-refractivity contribution < 1.29 is 9.47 Å². The van der Waals surface area contributed by atoms with E-state index in [9.17, 15) is 0 Å². The topological polar surface area (TPSA) is 18.5 Å². The Kier molecular flexibility index (Phi) is 9.42. The molecule has 1 aliphatic carbocycles. The quantitative estimate of drug-likeness (QED) is 0.388. The molecule has 0 bridgehead atoms. The van der Waals surface area contributed by atoms with Gasteiger partial charge in [-0.25, -0.2) is 0 Å². The number of methoxy groups -OCH3 is 2. The van der Waals surface area contributed by atoms with Crippen molar-refractivity contribution in [3.63, 3.8) is 0 Å². The lowest BCUT2D eigenvalue weighted by Gasteiger charge is -2.43. The van der Waals surface area contributed by atoms with E-state index in [1.165, 1.54) is 56.1 Å². The summed E-state index contributed by atoms with van der Waals surface area (Å²) in [5, 5.41) is 0. The maximum atomic E-state index is 5.80. The Morgan fingerprint density at radius 1 is 0.767 bits per heavy atom. The van der Waals surface area contributed by atoms with Crippen LogP contribution < -0.4 is 0 Å². The van der Waals surface area contributed by atoms with Gasteiger partial charge in [-0.3, -0.25) is 0 Å². The van der Waals surface area contributed by atoms with E-state index in [1.54, 1.807) is 0 Å². The summed E-state index contributed by atoms with van der Waals surface area (Å²) in [7, 11) is 3.72. The molecule has 1 aliphatic rings. The molecule has 0 saturated heterocycles. The molecule has 0 N–H and O–H groups in total. The normalized spacial score (nSPS) is 15.6. The molecule has 0 radical (unpaired) electrons. The lowest BCUT2D eigenvalue weighted by molar-refractivity contribution is -0.0496. The van der Waals surface area contributed by atoms with Crippen molar-refractivity contribution in [1.82, 2.24) is 0 Å². The molecule has 2 aromatic carbocycles. The maximum Gasteiger partial charge on any atom is 0.0543 e. The number of hydrogen-bond acceptors (Lipinski definition) is 2. The van der Waals surface area contributed by atoms with E-state index in [2.05, 4.69) is 60.7 Å². The van der Waals surface area contributed by atoms with Gasteiger partial charge in [-0.15, -0.1) is 0 Å². The monoisotopic (exact) mass is 408 g/mol. The van der Waals surface area contributed by atoms with E-state index in [0.29, 0.717) is 5.92 Å². The van der Waals surface area contributed by atoms with Crippen LogP contribution in [0.3, 0.4) is 0 Å². The molecule has 30 heavy (non-hydrogen) atoms. The Labute approximate surface area is 184 Å². The number of rotatable bonds is 12. The summed E-state index contributed by atoms with van der Waals surface area (Å²) >= 11 is 0. The first-order chi connectivity index (χ1) is 14.8. The van der Waals surface area contributed by atoms with Gasteiger partial charge in [0.1, 0.15) is 0 Å². The molecule has 0 atom stereocenters. The van der Waals surface area contributed by atoms with Crippen molar-refractivity contribution in [2.75, 3.05) is 27.4 Å². The third-order valence-corrected chi connectivity index (χ3v) is 7.12. The summed E-state index contributed by atoms with van der Waals surface area (Å²) < 4.78 is 11.6. The molecule has 0 heterocycles. The lowest BCUT2D eigenvalue weighted by atomic mass is 9.66. The smallest absolute Gasteiger partial charge is 0.0543 e. The molecule has 1 saturated carbocycles. The molecule has 1 fully saturated rings. The minimum atomic E-state index is 0.148. The average Bonchev–Trinajstić information content (AvgIpc) is 2.79. The second kappa shape index (κ2) is 12.3. The average molecular weight is 409 g/mol. The van der Waals surface area contributed by atoms with Gasteiger partial charge in [0.2, 0.25) is 0 Å². The number of benzene rings is 2. The third kappa shape index (κ3) is 6.68. The van der Waals surface area contributed by atoms with Crippen LogP contribution in [-0.2, 0) is 22.3 Å². The van der Waals surface area contributed by atoms with Crippen LogP contribution in [0.5, 0.6) is 0 Å². The summed E-state index contributed by atoms with van der Waals surface area (Å²) in [5.74, 6) is 1.35. The molecule has 3 rings (SSSR count). The summed E-state index contributed by atoms with van der Waals surface area (Å²) in [5.41, 5.74) is 3.04. The zero-order valence-corrected chi connectivity index (χ0v) is 19.0. The molecule has 164 valence electrons. The minimum Gasteiger partial charge on any atom is -0.384 e. The Bertz CT molecular complexity index is 644. The van der Waals surface area contributed by atoms with Crippen LogP contribution in [-0.4, -0.2) is 27.4 Å². The van der Waals surface area contributed by atoms with Gasteiger partial charge in [0.15, 0.2) is 0 Å². The molecular formula is C28H40O2. The van der Waals surface area contributed by atoms with E-state index >= 15 is 0 Å². The first kappa shape index (κ1) is 23.0. The van der Waals surface area contributed by atoms with Crippen LogP contribution in [0.15, 0.2) is 60.7 Å². The van der Waals surface area contributed by atoms with Crippen molar-refractivity contribution in [3.05, 3.63) is 71.8 Å². The molecule has 0 aromatic heterocycles. The lowest BCUT2D eigenvalue weighted by Crippen LogP contribution is -2.41. The molecule has 0 spiro atoms.